The molecule has 1 saturated heterocycles. The largest absolute Gasteiger partial charge is 0.486 e. The van der Waals surface area contributed by atoms with Gasteiger partial charge in [0.05, 0.1) is 13.2 Å². The van der Waals surface area contributed by atoms with Crippen molar-refractivity contribution >= 4 is 17.2 Å². The highest BCUT2D eigenvalue weighted by molar-refractivity contribution is 7.09. The van der Waals surface area contributed by atoms with Crippen LogP contribution in [0, 0.1) is 0 Å². The van der Waals surface area contributed by atoms with E-state index in [0.717, 1.165) is 10.8 Å². The van der Waals surface area contributed by atoms with E-state index in [4.69, 9.17) is 9.47 Å². The first-order valence-electron chi connectivity index (χ1n) is 8.17. The maximum absolute atomic E-state index is 12.4. The zero-order chi connectivity index (χ0) is 16.9. The van der Waals surface area contributed by atoms with Crippen molar-refractivity contribution in [1.82, 2.24) is 9.88 Å². The molecular formula is C18H22N2O3S. The normalized spacial score (nSPS) is 14.9. The van der Waals surface area contributed by atoms with Crippen molar-refractivity contribution in [2.75, 3.05) is 26.3 Å². The van der Waals surface area contributed by atoms with Crippen LogP contribution in [-0.4, -0.2) is 42.1 Å². The van der Waals surface area contributed by atoms with Gasteiger partial charge in [-0.3, -0.25) is 4.79 Å². The summed E-state index contributed by atoms with van der Waals surface area (Å²) in [4.78, 5) is 18.6. The van der Waals surface area contributed by atoms with Crippen molar-refractivity contribution < 1.29 is 14.3 Å². The number of rotatable bonds is 5. The van der Waals surface area contributed by atoms with Crippen LogP contribution < -0.4 is 4.74 Å². The van der Waals surface area contributed by atoms with Crippen LogP contribution in [0.5, 0.6) is 5.75 Å². The second-order valence-corrected chi connectivity index (χ2v) is 6.99. The number of morpholine rings is 1. The Labute approximate surface area is 146 Å². The van der Waals surface area contributed by atoms with Gasteiger partial charge in [0, 0.05) is 18.5 Å². The molecule has 0 unspecified atom stereocenters. The maximum atomic E-state index is 12.4. The maximum Gasteiger partial charge on any atom is 0.273 e. The van der Waals surface area contributed by atoms with Crippen LogP contribution in [0.3, 0.4) is 0 Å². The van der Waals surface area contributed by atoms with E-state index >= 15 is 0 Å². The van der Waals surface area contributed by atoms with Crippen molar-refractivity contribution in [1.29, 1.82) is 0 Å². The van der Waals surface area contributed by atoms with E-state index in [0.29, 0.717) is 44.5 Å². The zero-order valence-electron chi connectivity index (χ0n) is 14.0. The number of nitrogens with zero attached hydrogens (tertiary/aromatic N) is 2. The standard InChI is InChI=1S/C18H22N2O3S/c1-13(2)14-3-5-15(6-4-14)23-11-17-19-16(12-24-17)18(21)20-7-9-22-10-8-20/h3-6,12-13H,7-11H2,1-2H3. The Hall–Kier alpha value is -1.92. The first-order chi connectivity index (χ1) is 11.6. The van der Waals surface area contributed by atoms with Crippen molar-refractivity contribution in [3.8, 4) is 5.75 Å². The van der Waals surface area contributed by atoms with Gasteiger partial charge in [-0.05, 0) is 23.6 Å². The minimum atomic E-state index is -0.0258. The van der Waals surface area contributed by atoms with Crippen molar-refractivity contribution in [3.05, 3.63) is 45.9 Å². The van der Waals surface area contributed by atoms with Crippen LogP contribution in [0.1, 0.15) is 40.8 Å². The van der Waals surface area contributed by atoms with Gasteiger partial charge >= 0.3 is 0 Å². The highest BCUT2D eigenvalue weighted by Crippen LogP contribution is 2.20. The molecule has 1 amide bonds. The predicted octanol–water partition coefficient (Wildman–Crippen LogP) is 3.32. The molecule has 3 rings (SSSR count). The number of hydrogen-bond donors (Lipinski definition) is 0. The van der Waals surface area contributed by atoms with Crippen LogP contribution in [0.2, 0.25) is 0 Å². The third-order valence-electron chi connectivity index (χ3n) is 3.98. The van der Waals surface area contributed by atoms with Crippen LogP contribution in [0.4, 0.5) is 0 Å². The number of aromatic nitrogens is 1. The molecule has 6 heteroatoms. The van der Waals surface area contributed by atoms with E-state index in [1.165, 1.54) is 16.9 Å². The van der Waals surface area contributed by atoms with Crippen molar-refractivity contribution in [2.45, 2.75) is 26.4 Å². The molecule has 5 nitrogen and oxygen atoms in total. The summed E-state index contributed by atoms with van der Waals surface area (Å²) in [5.41, 5.74) is 1.78. The smallest absolute Gasteiger partial charge is 0.273 e. The summed E-state index contributed by atoms with van der Waals surface area (Å²) < 4.78 is 11.0. The molecule has 1 aliphatic heterocycles. The van der Waals surface area contributed by atoms with Gasteiger partial charge in [-0.15, -0.1) is 11.3 Å². The molecule has 0 radical (unpaired) electrons. The lowest BCUT2D eigenvalue weighted by molar-refractivity contribution is 0.0299. The first-order valence-corrected chi connectivity index (χ1v) is 9.05. The monoisotopic (exact) mass is 346 g/mol. The zero-order valence-corrected chi connectivity index (χ0v) is 14.8. The highest BCUT2D eigenvalue weighted by atomic mass is 32.1. The quantitative estimate of drug-likeness (QED) is 0.833. The average Bonchev–Trinajstić information content (AvgIpc) is 3.09. The summed E-state index contributed by atoms with van der Waals surface area (Å²) in [7, 11) is 0. The van der Waals surface area contributed by atoms with Gasteiger partial charge in [-0.25, -0.2) is 4.98 Å². The molecule has 0 N–H and O–H groups in total. The molecule has 0 bridgehead atoms. The Morgan fingerprint density at radius 2 is 2.00 bits per heavy atom. The van der Waals surface area contributed by atoms with Gasteiger partial charge in [0.25, 0.3) is 5.91 Å². The number of ether oxygens (including phenoxy) is 2. The molecule has 0 spiro atoms. The second-order valence-electron chi connectivity index (χ2n) is 6.04. The lowest BCUT2D eigenvalue weighted by Gasteiger charge is -2.25. The predicted molar refractivity (Wildman–Crippen MR) is 93.7 cm³/mol. The number of hydrogen-bond acceptors (Lipinski definition) is 5. The Morgan fingerprint density at radius 1 is 1.29 bits per heavy atom. The minimum Gasteiger partial charge on any atom is -0.486 e. The van der Waals surface area contributed by atoms with E-state index in [2.05, 4.69) is 31.0 Å². The summed E-state index contributed by atoms with van der Waals surface area (Å²) in [6.45, 7) is 7.16. The van der Waals surface area contributed by atoms with E-state index in [9.17, 15) is 4.79 Å². The van der Waals surface area contributed by atoms with Crippen LogP contribution in [-0.2, 0) is 11.3 Å². The van der Waals surface area contributed by atoms with Crippen molar-refractivity contribution in [3.63, 3.8) is 0 Å². The van der Waals surface area contributed by atoms with E-state index in [1.807, 2.05) is 12.1 Å². The fraction of sp³-hybridized carbons (Fsp3) is 0.444. The van der Waals surface area contributed by atoms with Crippen LogP contribution >= 0.6 is 11.3 Å². The molecule has 0 aliphatic carbocycles. The molecule has 1 aromatic carbocycles. The Balaban J connectivity index is 1.56. The Morgan fingerprint density at radius 3 is 2.67 bits per heavy atom. The topological polar surface area (TPSA) is 51.7 Å². The minimum absolute atomic E-state index is 0.0258. The van der Waals surface area contributed by atoms with Crippen molar-refractivity contribution in [2.24, 2.45) is 0 Å². The number of amides is 1. The molecule has 1 aliphatic rings. The van der Waals surface area contributed by atoms with Gasteiger partial charge in [-0.2, -0.15) is 0 Å². The molecule has 0 atom stereocenters. The fourth-order valence-electron chi connectivity index (χ4n) is 2.50. The summed E-state index contributed by atoms with van der Waals surface area (Å²) in [5, 5.41) is 2.61. The van der Waals surface area contributed by atoms with Crippen LogP contribution in [0.15, 0.2) is 29.6 Å². The van der Waals surface area contributed by atoms with Gasteiger partial charge in [0.2, 0.25) is 0 Å². The molecule has 1 fully saturated rings. The highest BCUT2D eigenvalue weighted by Gasteiger charge is 2.20. The van der Waals surface area contributed by atoms with Gasteiger partial charge in [0.1, 0.15) is 23.1 Å². The molecule has 24 heavy (non-hydrogen) atoms. The number of thiazole rings is 1. The van der Waals surface area contributed by atoms with E-state index in [-0.39, 0.29) is 5.91 Å². The van der Waals surface area contributed by atoms with E-state index in [1.54, 1.807) is 10.3 Å². The summed E-state index contributed by atoms with van der Waals surface area (Å²) in [6, 6.07) is 8.11. The lowest BCUT2D eigenvalue weighted by Crippen LogP contribution is -2.40. The van der Waals surface area contributed by atoms with Gasteiger partial charge < -0.3 is 14.4 Å². The summed E-state index contributed by atoms with van der Waals surface area (Å²) in [6.07, 6.45) is 0. The summed E-state index contributed by atoms with van der Waals surface area (Å²) >= 11 is 1.45. The fourth-order valence-corrected chi connectivity index (χ4v) is 3.18. The SMILES string of the molecule is CC(C)c1ccc(OCc2nc(C(=O)N3CCOCC3)cs2)cc1. The van der Waals surface area contributed by atoms with Gasteiger partial charge in [0.15, 0.2) is 0 Å². The Kier molecular flexibility index (Phi) is 5.48. The number of carbonyl (C=O) groups excluding carboxylic acids is 1. The molecule has 2 heterocycles. The average molecular weight is 346 g/mol. The second kappa shape index (κ2) is 7.77. The molecule has 2 aromatic rings. The summed E-state index contributed by atoms with van der Waals surface area (Å²) in [5.74, 6) is 1.30. The number of benzene rings is 1. The Bertz CT molecular complexity index is 676. The third kappa shape index (κ3) is 4.13. The van der Waals surface area contributed by atoms with Crippen LogP contribution in [0.25, 0.3) is 0 Å². The number of carbonyl (C=O) groups is 1. The van der Waals surface area contributed by atoms with Gasteiger partial charge in [-0.1, -0.05) is 26.0 Å². The third-order valence-corrected chi connectivity index (χ3v) is 4.80. The van der Waals surface area contributed by atoms with E-state index < -0.39 is 0 Å². The first kappa shape index (κ1) is 16.9. The molecule has 1 aromatic heterocycles. The lowest BCUT2D eigenvalue weighted by atomic mass is 10.0. The molecule has 128 valence electrons. The molecule has 0 saturated carbocycles. The molecular weight excluding hydrogens is 324 g/mol.